The summed E-state index contributed by atoms with van der Waals surface area (Å²) in [6.07, 6.45) is 0. The monoisotopic (exact) mass is 333 g/mol. The Morgan fingerprint density at radius 1 is 0.538 bits per heavy atom. The van der Waals surface area contributed by atoms with E-state index in [2.05, 4.69) is 109 Å². The SMILES string of the molecule is Cc1ccc2c(c1)c1ccccc1n2-c1cccc(-c2ccccc2)c1. The first-order valence-corrected chi connectivity index (χ1v) is 8.97. The number of nitrogens with zero attached hydrogens (tertiary/aromatic N) is 1. The zero-order valence-corrected chi connectivity index (χ0v) is 14.7. The van der Waals surface area contributed by atoms with E-state index in [0.29, 0.717) is 0 Å². The van der Waals surface area contributed by atoms with Crippen LogP contribution in [0, 0.1) is 6.92 Å². The van der Waals surface area contributed by atoms with Gasteiger partial charge in [-0.05, 0) is 48.4 Å². The molecule has 5 rings (SSSR count). The molecule has 0 fully saturated rings. The minimum absolute atomic E-state index is 1.20. The molecular formula is C25H19N. The van der Waals surface area contributed by atoms with Crippen LogP contribution in [0.3, 0.4) is 0 Å². The highest BCUT2D eigenvalue weighted by Gasteiger charge is 2.12. The van der Waals surface area contributed by atoms with Crippen molar-refractivity contribution in [1.82, 2.24) is 4.57 Å². The van der Waals surface area contributed by atoms with Crippen LogP contribution >= 0.6 is 0 Å². The number of hydrogen-bond donors (Lipinski definition) is 0. The predicted molar refractivity (Wildman–Crippen MR) is 111 cm³/mol. The van der Waals surface area contributed by atoms with Gasteiger partial charge >= 0.3 is 0 Å². The largest absolute Gasteiger partial charge is 0.309 e. The average Bonchev–Trinajstić information content (AvgIpc) is 3.02. The molecule has 0 aliphatic heterocycles. The zero-order chi connectivity index (χ0) is 17.5. The van der Waals surface area contributed by atoms with E-state index in [0.717, 1.165) is 0 Å². The van der Waals surface area contributed by atoms with Gasteiger partial charge in [0.25, 0.3) is 0 Å². The Bertz CT molecular complexity index is 1230. The van der Waals surface area contributed by atoms with Crippen molar-refractivity contribution in [2.45, 2.75) is 6.92 Å². The van der Waals surface area contributed by atoms with Crippen LogP contribution in [0.5, 0.6) is 0 Å². The lowest BCUT2D eigenvalue weighted by Gasteiger charge is -2.10. The van der Waals surface area contributed by atoms with Crippen molar-refractivity contribution >= 4 is 21.8 Å². The van der Waals surface area contributed by atoms with E-state index in [1.807, 2.05) is 0 Å². The number of benzene rings is 4. The summed E-state index contributed by atoms with van der Waals surface area (Å²) in [6.45, 7) is 2.15. The van der Waals surface area contributed by atoms with Gasteiger partial charge in [-0.2, -0.15) is 0 Å². The average molecular weight is 333 g/mol. The van der Waals surface area contributed by atoms with Crippen molar-refractivity contribution in [3.8, 4) is 16.8 Å². The topological polar surface area (TPSA) is 4.93 Å². The first-order valence-electron chi connectivity index (χ1n) is 8.97. The molecular weight excluding hydrogens is 314 g/mol. The first kappa shape index (κ1) is 15.0. The van der Waals surface area contributed by atoms with Gasteiger partial charge in [0.2, 0.25) is 0 Å². The summed E-state index contributed by atoms with van der Waals surface area (Å²) in [5.41, 5.74) is 7.47. The number of rotatable bonds is 2. The third-order valence-electron chi connectivity index (χ3n) is 5.04. The summed E-state index contributed by atoms with van der Waals surface area (Å²) in [5.74, 6) is 0. The Kier molecular flexibility index (Phi) is 3.39. The molecule has 0 atom stereocenters. The van der Waals surface area contributed by atoms with Crippen LogP contribution in [0.1, 0.15) is 5.56 Å². The number of para-hydroxylation sites is 1. The third-order valence-corrected chi connectivity index (χ3v) is 5.04. The normalized spacial score (nSPS) is 11.3. The molecule has 26 heavy (non-hydrogen) atoms. The zero-order valence-electron chi connectivity index (χ0n) is 14.7. The molecule has 4 aromatic carbocycles. The second-order valence-corrected chi connectivity index (χ2v) is 6.79. The summed E-state index contributed by atoms with van der Waals surface area (Å²) < 4.78 is 2.37. The standard InChI is InChI=1S/C25H19N/c1-18-14-15-25-23(16-18)22-12-5-6-13-24(22)26(25)21-11-7-10-20(17-21)19-8-3-2-4-9-19/h2-17H,1H3. The molecule has 1 heterocycles. The molecule has 0 aliphatic carbocycles. The predicted octanol–water partition coefficient (Wildman–Crippen LogP) is 6.76. The van der Waals surface area contributed by atoms with Gasteiger partial charge in [-0.3, -0.25) is 0 Å². The lowest BCUT2D eigenvalue weighted by molar-refractivity contribution is 1.18. The van der Waals surface area contributed by atoms with Crippen LogP contribution in [-0.4, -0.2) is 4.57 Å². The van der Waals surface area contributed by atoms with E-state index in [1.54, 1.807) is 0 Å². The molecule has 1 nitrogen and oxygen atoms in total. The second-order valence-electron chi connectivity index (χ2n) is 6.79. The summed E-state index contributed by atoms with van der Waals surface area (Å²) in [5, 5.41) is 2.61. The van der Waals surface area contributed by atoms with Crippen LogP contribution in [0.25, 0.3) is 38.6 Å². The van der Waals surface area contributed by atoms with Crippen LogP contribution in [-0.2, 0) is 0 Å². The van der Waals surface area contributed by atoms with Gasteiger partial charge in [-0.1, -0.05) is 72.3 Å². The molecule has 0 saturated carbocycles. The fourth-order valence-corrected chi connectivity index (χ4v) is 3.82. The molecule has 1 heteroatoms. The molecule has 0 aliphatic rings. The molecule has 5 aromatic rings. The number of hydrogen-bond acceptors (Lipinski definition) is 0. The third kappa shape index (κ3) is 2.33. The van der Waals surface area contributed by atoms with Crippen LogP contribution in [0.15, 0.2) is 97.1 Å². The Morgan fingerprint density at radius 3 is 2.15 bits per heavy atom. The maximum atomic E-state index is 2.37. The molecule has 0 spiro atoms. The van der Waals surface area contributed by atoms with Crippen molar-refractivity contribution in [2.75, 3.05) is 0 Å². The molecule has 0 amide bonds. The first-order chi connectivity index (χ1) is 12.8. The second kappa shape index (κ2) is 5.89. The van der Waals surface area contributed by atoms with Crippen molar-refractivity contribution in [3.63, 3.8) is 0 Å². The summed E-state index contributed by atoms with van der Waals surface area (Å²) in [4.78, 5) is 0. The minimum Gasteiger partial charge on any atom is -0.309 e. The van der Waals surface area contributed by atoms with E-state index in [9.17, 15) is 0 Å². The molecule has 0 unspecified atom stereocenters. The van der Waals surface area contributed by atoms with Gasteiger partial charge in [0.15, 0.2) is 0 Å². The Labute approximate surface area is 153 Å². The summed E-state index contributed by atoms with van der Waals surface area (Å²) in [6, 6.07) is 34.7. The summed E-state index contributed by atoms with van der Waals surface area (Å²) >= 11 is 0. The van der Waals surface area contributed by atoms with E-state index >= 15 is 0 Å². The van der Waals surface area contributed by atoms with Crippen LogP contribution < -0.4 is 0 Å². The molecule has 0 N–H and O–H groups in total. The molecule has 0 bridgehead atoms. The minimum atomic E-state index is 1.20. The van der Waals surface area contributed by atoms with Crippen molar-refractivity contribution in [1.29, 1.82) is 0 Å². The highest BCUT2D eigenvalue weighted by atomic mass is 15.0. The van der Waals surface area contributed by atoms with Crippen molar-refractivity contribution < 1.29 is 0 Å². The Morgan fingerprint density at radius 2 is 1.27 bits per heavy atom. The Balaban J connectivity index is 1.82. The fourth-order valence-electron chi connectivity index (χ4n) is 3.82. The molecule has 124 valence electrons. The van der Waals surface area contributed by atoms with Gasteiger partial charge < -0.3 is 4.57 Å². The quantitative estimate of drug-likeness (QED) is 0.336. The lowest BCUT2D eigenvalue weighted by Crippen LogP contribution is -1.94. The number of aromatic nitrogens is 1. The van der Waals surface area contributed by atoms with Crippen LogP contribution in [0.4, 0.5) is 0 Å². The van der Waals surface area contributed by atoms with E-state index in [-0.39, 0.29) is 0 Å². The number of fused-ring (bicyclic) bond motifs is 3. The van der Waals surface area contributed by atoms with E-state index < -0.39 is 0 Å². The van der Waals surface area contributed by atoms with Crippen molar-refractivity contribution in [2.24, 2.45) is 0 Å². The maximum absolute atomic E-state index is 2.37. The van der Waals surface area contributed by atoms with Gasteiger partial charge in [0, 0.05) is 16.5 Å². The highest BCUT2D eigenvalue weighted by molar-refractivity contribution is 6.09. The summed E-state index contributed by atoms with van der Waals surface area (Å²) in [7, 11) is 0. The van der Waals surface area contributed by atoms with Crippen molar-refractivity contribution in [3.05, 3.63) is 103 Å². The smallest absolute Gasteiger partial charge is 0.0541 e. The van der Waals surface area contributed by atoms with Gasteiger partial charge in [-0.25, -0.2) is 0 Å². The lowest BCUT2D eigenvalue weighted by atomic mass is 10.1. The van der Waals surface area contributed by atoms with E-state index in [4.69, 9.17) is 0 Å². The van der Waals surface area contributed by atoms with E-state index in [1.165, 1.54) is 44.2 Å². The fraction of sp³-hybridized carbons (Fsp3) is 0.0400. The van der Waals surface area contributed by atoms with Gasteiger partial charge in [-0.15, -0.1) is 0 Å². The maximum Gasteiger partial charge on any atom is 0.0541 e. The molecule has 0 radical (unpaired) electrons. The molecule has 1 aromatic heterocycles. The Hall–Kier alpha value is -3.32. The highest BCUT2D eigenvalue weighted by Crippen LogP contribution is 2.33. The van der Waals surface area contributed by atoms with Gasteiger partial charge in [0.05, 0.1) is 11.0 Å². The van der Waals surface area contributed by atoms with Gasteiger partial charge in [0.1, 0.15) is 0 Å². The van der Waals surface area contributed by atoms with Crippen LogP contribution in [0.2, 0.25) is 0 Å². The molecule has 0 saturated heterocycles. The number of aryl methyl sites for hydroxylation is 1.